The fourth-order valence-corrected chi connectivity index (χ4v) is 3.31. The molecule has 0 unspecified atom stereocenters. The van der Waals surface area contributed by atoms with Gasteiger partial charge < -0.3 is 9.42 Å². The molecule has 0 N–H and O–H groups in total. The summed E-state index contributed by atoms with van der Waals surface area (Å²) in [6.07, 6.45) is 3.05. The highest BCUT2D eigenvalue weighted by Crippen LogP contribution is 2.35. The Kier molecular flexibility index (Phi) is 2.84. The second-order valence-corrected chi connectivity index (χ2v) is 6.43. The van der Waals surface area contributed by atoms with E-state index in [1.165, 1.54) is 0 Å². The molecule has 2 fully saturated rings. The zero-order chi connectivity index (χ0) is 13.5. The maximum Gasteiger partial charge on any atom is 0.267 e. The summed E-state index contributed by atoms with van der Waals surface area (Å²) in [4.78, 5) is 19.5. The third-order valence-electron chi connectivity index (χ3n) is 3.97. The van der Waals surface area contributed by atoms with Crippen molar-refractivity contribution in [3.63, 3.8) is 0 Å². The molecule has 2 aromatic heterocycles. The first-order valence-corrected chi connectivity index (χ1v) is 7.85. The van der Waals surface area contributed by atoms with Crippen LogP contribution < -0.4 is 0 Å². The average Bonchev–Trinajstić information content (AvgIpc) is 2.94. The van der Waals surface area contributed by atoms with Gasteiger partial charge in [-0.2, -0.15) is 4.98 Å². The first-order valence-electron chi connectivity index (χ1n) is 6.97. The molecule has 1 atom stereocenters. The molecule has 6 heteroatoms. The standard InChI is InChI=1S/C14H15N3O2S/c18-14(9-3-4-9)17-6-5-10(8-17)12-15-13(19-16-12)11-2-1-7-20-11/h1-2,7,9-10H,3-6,8H2/t10-/m1/s1. The first-order chi connectivity index (χ1) is 9.81. The molecule has 20 heavy (non-hydrogen) atoms. The molecule has 1 amide bonds. The Balaban J connectivity index is 1.47. The van der Waals surface area contributed by atoms with Gasteiger partial charge in [0.2, 0.25) is 5.91 Å². The second-order valence-electron chi connectivity index (χ2n) is 5.48. The van der Waals surface area contributed by atoms with Crippen molar-refractivity contribution in [3.8, 4) is 10.8 Å². The van der Waals surface area contributed by atoms with Crippen LogP contribution in [0.25, 0.3) is 10.8 Å². The molecular formula is C14H15N3O2S. The normalized spacial score (nSPS) is 22.4. The minimum atomic E-state index is 0.218. The van der Waals surface area contributed by atoms with Gasteiger partial charge in [-0.1, -0.05) is 11.2 Å². The lowest BCUT2D eigenvalue weighted by Crippen LogP contribution is -2.29. The fraction of sp³-hybridized carbons (Fsp3) is 0.500. The first kappa shape index (κ1) is 12.1. The summed E-state index contributed by atoms with van der Waals surface area (Å²) in [5, 5.41) is 6.08. The summed E-state index contributed by atoms with van der Waals surface area (Å²) < 4.78 is 5.32. The molecule has 0 aromatic carbocycles. The Hall–Kier alpha value is -1.69. The van der Waals surface area contributed by atoms with E-state index >= 15 is 0 Å². The smallest absolute Gasteiger partial charge is 0.267 e. The predicted octanol–water partition coefficient (Wildman–Crippen LogP) is 2.52. The van der Waals surface area contributed by atoms with Crippen LogP contribution in [-0.2, 0) is 4.79 Å². The molecule has 104 valence electrons. The Morgan fingerprint density at radius 1 is 1.40 bits per heavy atom. The second kappa shape index (κ2) is 4.70. The summed E-state index contributed by atoms with van der Waals surface area (Å²) in [5.41, 5.74) is 0. The molecule has 2 aromatic rings. The number of rotatable bonds is 3. The monoisotopic (exact) mass is 289 g/mol. The van der Waals surface area contributed by atoms with Crippen LogP contribution in [0.1, 0.15) is 31.0 Å². The third kappa shape index (κ3) is 2.14. The van der Waals surface area contributed by atoms with Gasteiger partial charge in [-0.3, -0.25) is 4.79 Å². The van der Waals surface area contributed by atoms with Gasteiger partial charge in [-0.25, -0.2) is 0 Å². The summed E-state index contributed by atoms with van der Waals surface area (Å²) in [6.45, 7) is 1.56. The average molecular weight is 289 g/mol. The molecule has 3 heterocycles. The number of thiophene rings is 1. The minimum Gasteiger partial charge on any atom is -0.342 e. The number of carbonyl (C=O) groups excluding carboxylic acids is 1. The largest absolute Gasteiger partial charge is 0.342 e. The molecule has 0 bridgehead atoms. The van der Waals surface area contributed by atoms with Crippen molar-refractivity contribution in [1.82, 2.24) is 15.0 Å². The minimum absolute atomic E-state index is 0.218. The summed E-state index contributed by atoms with van der Waals surface area (Å²) in [6, 6.07) is 3.94. The van der Waals surface area contributed by atoms with Gasteiger partial charge in [-0.05, 0) is 30.7 Å². The van der Waals surface area contributed by atoms with Gasteiger partial charge in [0.15, 0.2) is 5.82 Å². The van der Waals surface area contributed by atoms with E-state index in [0.717, 1.165) is 43.1 Å². The van der Waals surface area contributed by atoms with Crippen LogP contribution in [0.15, 0.2) is 22.0 Å². The Morgan fingerprint density at radius 2 is 2.30 bits per heavy atom. The van der Waals surface area contributed by atoms with Crippen molar-refractivity contribution in [3.05, 3.63) is 23.3 Å². The number of amides is 1. The van der Waals surface area contributed by atoms with E-state index in [-0.39, 0.29) is 5.92 Å². The molecule has 0 spiro atoms. The number of nitrogens with zero attached hydrogens (tertiary/aromatic N) is 3. The van der Waals surface area contributed by atoms with E-state index in [2.05, 4.69) is 10.1 Å². The Bertz CT molecular complexity index is 618. The molecule has 5 nitrogen and oxygen atoms in total. The van der Waals surface area contributed by atoms with E-state index in [9.17, 15) is 4.79 Å². The van der Waals surface area contributed by atoms with Crippen LogP contribution in [0.4, 0.5) is 0 Å². The van der Waals surface area contributed by atoms with Gasteiger partial charge in [0.1, 0.15) is 0 Å². The van der Waals surface area contributed by atoms with E-state index in [1.54, 1.807) is 11.3 Å². The van der Waals surface area contributed by atoms with Gasteiger partial charge in [-0.15, -0.1) is 11.3 Å². The van der Waals surface area contributed by atoms with Crippen LogP contribution in [0.5, 0.6) is 0 Å². The molecule has 1 saturated heterocycles. The van der Waals surface area contributed by atoms with Crippen molar-refractivity contribution in [1.29, 1.82) is 0 Å². The lowest BCUT2D eigenvalue weighted by molar-refractivity contribution is -0.131. The van der Waals surface area contributed by atoms with Crippen molar-refractivity contribution in [2.45, 2.75) is 25.2 Å². The SMILES string of the molecule is O=C(C1CC1)N1CC[C@@H](c2noc(-c3cccs3)n2)C1. The van der Waals surface area contributed by atoms with Gasteiger partial charge in [0.05, 0.1) is 4.88 Å². The summed E-state index contributed by atoms with van der Waals surface area (Å²) in [7, 11) is 0. The topological polar surface area (TPSA) is 59.2 Å². The highest BCUT2D eigenvalue weighted by atomic mass is 32.1. The van der Waals surface area contributed by atoms with Crippen LogP contribution in [0, 0.1) is 5.92 Å². The van der Waals surface area contributed by atoms with E-state index in [1.807, 2.05) is 22.4 Å². The van der Waals surface area contributed by atoms with E-state index in [0.29, 0.717) is 17.7 Å². The molecule has 0 radical (unpaired) electrons. The molecule has 4 rings (SSSR count). The Morgan fingerprint density at radius 3 is 3.05 bits per heavy atom. The summed E-state index contributed by atoms with van der Waals surface area (Å²) >= 11 is 1.59. The van der Waals surface area contributed by atoms with Crippen LogP contribution >= 0.6 is 11.3 Å². The van der Waals surface area contributed by atoms with Crippen molar-refractivity contribution >= 4 is 17.2 Å². The van der Waals surface area contributed by atoms with Crippen LogP contribution in [-0.4, -0.2) is 34.0 Å². The molecule has 2 aliphatic rings. The Labute approximate surface area is 120 Å². The molecule has 1 aliphatic carbocycles. The molecule has 1 aliphatic heterocycles. The number of hydrogen-bond donors (Lipinski definition) is 0. The van der Waals surface area contributed by atoms with Crippen molar-refractivity contribution in [2.75, 3.05) is 13.1 Å². The van der Waals surface area contributed by atoms with Crippen LogP contribution in [0.2, 0.25) is 0 Å². The number of likely N-dealkylation sites (tertiary alicyclic amines) is 1. The highest BCUT2D eigenvalue weighted by molar-refractivity contribution is 7.13. The van der Waals surface area contributed by atoms with E-state index in [4.69, 9.17) is 4.52 Å². The summed E-state index contributed by atoms with van der Waals surface area (Å²) in [5.74, 6) is 2.15. The maximum atomic E-state index is 12.0. The lowest BCUT2D eigenvalue weighted by atomic mass is 10.1. The molecular weight excluding hydrogens is 274 g/mol. The number of hydrogen-bond acceptors (Lipinski definition) is 5. The van der Waals surface area contributed by atoms with Crippen LogP contribution in [0.3, 0.4) is 0 Å². The highest BCUT2D eigenvalue weighted by Gasteiger charge is 2.38. The van der Waals surface area contributed by atoms with Crippen molar-refractivity contribution in [2.24, 2.45) is 5.92 Å². The van der Waals surface area contributed by atoms with Gasteiger partial charge in [0.25, 0.3) is 5.89 Å². The fourth-order valence-electron chi connectivity index (χ4n) is 2.66. The number of carbonyl (C=O) groups is 1. The zero-order valence-corrected chi connectivity index (χ0v) is 11.8. The van der Waals surface area contributed by atoms with Gasteiger partial charge >= 0.3 is 0 Å². The lowest BCUT2D eigenvalue weighted by Gasteiger charge is -2.14. The molecule has 1 saturated carbocycles. The number of aromatic nitrogens is 2. The maximum absolute atomic E-state index is 12.0. The van der Waals surface area contributed by atoms with Crippen molar-refractivity contribution < 1.29 is 9.32 Å². The van der Waals surface area contributed by atoms with E-state index < -0.39 is 0 Å². The zero-order valence-electron chi connectivity index (χ0n) is 11.0. The third-order valence-corrected chi connectivity index (χ3v) is 4.82. The predicted molar refractivity (Wildman–Crippen MR) is 74.3 cm³/mol. The van der Waals surface area contributed by atoms with Gasteiger partial charge in [0, 0.05) is 24.9 Å². The quantitative estimate of drug-likeness (QED) is 0.871.